The first-order valence-corrected chi connectivity index (χ1v) is 5.65. The first-order chi connectivity index (χ1) is 7.73. The highest BCUT2D eigenvalue weighted by atomic mass is 79.9. The Kier molecular flexibility index (Phi) is 3.90. The number of nitrogens with one attached hydrogen (secondary N) is 1. The van der Waals surface area contributed by atoms with E-state index in [2.05, 4.69) is 21.2 Å². The molecule has 0 fully saturated rings. The van der Waals surface area contributed by atoms with Crippen molar-refractivity contribution in [3.05, 3.63) is 28.2 Å². The van der Waals surface area contributed by atoms with E-state index >= 15 is 0 Å². The summed E-state index contributed by atoms with van der Waals surface area (Å²) in [4.78, 5) is 22.7. The molecule has 1 aromatic rings. The summed E-state index contributed by atoms with van der Waals surface area (Å²) in [6.45, 7) is 3.08. The summed E-state index contributed by atoms with van der Waals surface area (Å²) in [5, 5.41) is 11.5. The number of carboxylic acid groups (broad SMARTS) is 1. The highest BCUT2D eigenvalue weighted by Crippen LogP contribution is 2.27. The summed E-state index contributed by atoms with van der Waals surface area (Å²) in [6, 6.07) is 4.63. The molecule has 0 radical (unpaired) electrons. The number of carbonyl (C=O) groups is 2. The Bertz CT molecular complexity index is 466. The molecule has 6 heteroatoms. The van der Waals surface area contributed by atoms with Crippen LogP contribution in [-0.2, 0) is 4.79 Å². The molecule has 1 aromatic carbocycles. The number of benzene rings is 1. The molecule has 92 valence electrons. The van der Waals surface area contributed by atoms with Gasteiger partial charge in [-0.3, -0.25) is 4.79 Å². The molecular formula is C11H13BrN2O3. The predicted molar refractivity (Wildman–Crippen MR) is 68.0 cm³/mol. The maximum atomic E-state index is 11.7. The Morgan fingerprint density at radius 3 is 2.47 bits per heavy atom. The zero-order valence-electron chi connectivity index (χ0n) is 9.45. The standard InChI is InChI=1S/C11H13BrN2O3/c1-11(2,13)10(17)14-8-6(9(15)16)4-3-5-7(8)12/h3-5H,13H2,1-2H3,(H,14,17)(H,15,16). The Labute approximate surface area is 107 Å². The number of halogens is 1. The quantitative estimate of drug-likeness (QED) is 0.794. The first-order valence-electron chi connectivity index (χ1n) is 4.85. The third-order valence-corrected chi connectivity index (χ3v) is 2.73. The van der Waals surface area contributed by atoms with E-state index in [0.717, 1.165) is 0 Å². The lowest BCUT2D eigenvalue weighted by atomic mass is 10.1. The molecule has 0 aromatic heterocycles. The first kappa shape index (κ1) is 13.7. The van der Waals surface area contributed by atoms with Gasteiger partial charge >= 0.3 is 5.97 Å². The molecule has 0 saturated carbocycles. The Morgan fingerprint density at radius 1 is 1.41 bits per heavy atom. The molecule has 0 unspecified atom stereocenters. The van der Waals surface area contributed by atoms with Crippen molar-refractivity contribution in [2.24, 2.45) is 5.73 Å². The second kappa shape index (κ2) is 4.85. The fourth-order valence-corrected chi connectivity index (χ4v) is 1.57. The molecule has 0 aliphatic heterocycles. The number of carbonyl (C=O) groups excluding carboxylic acids is 1. The lowest BCUT2D eigenvalue weighted by Gasteiger charge is -2.19. The molecular weight excluding hydrogens is 288 g/mol. The zero-order valence-corrected chi connectivity index (χ0v) is 11.0. The van der Waals surface area contributed by atoms with Gasteiger partial charge in [0.1, 0.15) is 0 Å². The lowest BCUT2D eigenvalue weighted by Crippen LogP contribution is -2.45. The maximum Gasteiger partial charge on any atom is 0.337 e. The summed E-state index contributed by atoms with van der Waals surface area (Å²) in [7, 11) is 0. The van der Waals surface area contributed by atoms with Crippen molar-refractivity contribution in [2.45, 2.75) is 19.4 Å². The van der Waals surface area contributed by atoms with Crippen molar-refractivity contribution in [2.75, 3.05) is 5.32 Å². The lowest BCUT2D eigenvalue weighted by molar-refractivity contribution is -0.120. The van der Waals surface area contributed by atoms with Crippen LogP contribution in [0, 0.1) is 0 Å². The van der Waals surface area contributed by atoms with Gasteiger partial charge in [-0.2, -0.15) is 0 Å². The van der Waals surface area contributed by atoms with E-state index in [0.29, 0.717) is 4.47 Å². The van der Waals surface area contributed by atoms with Crippen LogP contribution < -0.4 is 11.1 Å². The van der Waals surface area contributed by atoms with E-state index in [1.165, 1.54) is 6.07 Å². The monoisotopic (exact) mass is 300 g/mol. The van der Waals surface area contributed by atoms with E-state index < -0.39 is 17.4 Å². The second-order valence-electron chi connectivity index (χ2n) is 4.14. The van der Waals surface area contributed by atoms with Crippen LogP contribution in [0.2, 0.25) is 0 Å². The largest absolute Gasteiger partial charge is 0.478 e. The molecule has 0 aliphatic carbocycles. The molecule has 0 heterocycles. The van der Waals surface area contributed by atoms with E-state index in [1.807, 2.05) is 0 Å². The Morgan fingerprint density at radius 2 is 2.00 bits per heavy atom. The maximum absolute atomic E-state index is 11.7. The van der Waals surface area contributed by atoms with Gasteiger partial charge in [0, 0.05) is 4.47 Å². The van der Waals surface area contributed by atoms with Crippen molar-refractivity contribution in [1.82, 2.24) is 0 Å². The highest BCUT2D eigenvalue weighted by Gasteiger charge is 2.24. The number of hydrogen-bond acceptors (Lipinski definition) is 3. The van der Waals surface area contributed by atoms with Gasteiger partial charge in [0.25, 0.3) is 0 Å². The number of aromatic carboxylic acids is 1. The second-order valence-corrected chi connectivity index (χ2v) is 5.00. The van der Waals surface area contributed by atoms with Crippen LogP contribution in [0.5, 0.6) is 0 Å². The van der Waals surface area contributed by atoms with Gasteiger partial charge in [0.05, 0.1) is 16.8 Å². The van der Waals surface area contributed by atoms with E-state index in [9.17, 15) is 9.59 Å². The van der Waals surface area contributed by atoms with Crippen molar-refractivity contribution < 1.29 is 14.7 Å². The van der Waals surface area contributed by atoms with E-state index in [-0.39, 0.29) is 11.3 Å². The van der Waals surface area contributed by atoms with Gasteiger partial charge in [-0.1, -0.05) is 6.07 Å². The van der Waals surface area contributed by atoms with Crippen molar-refractivity contribution >= 4 is 33.5 Å². The van der Waals surface area contributed by atoms with Gasteiger partial charge in [0.2, 0.25) is 5.91 Å². The molecule has 4 N–H and O–H groups in total. The molecule has 0 spiro atoms. The number of hydrogen-bond donors (Lipinski definition) is 3. The Hall–Kier alpha value is -1.40. The van der Waals surface area contributed by atoms with Gasteiger partial charge < -0.3 is 16.2 Å². The van der Waals surface area contributed by atoms with Crippen molar-refractivity contribution in [3.8, 4) is 0 Å². The molecule has 0 atom stereocenters. The molecule has 1 amide bonds. The summed E-state index contributed by atoms with van der Waals surface area (Å²) in [5.41, 5.74) is 4.77. The molecule has 17 heavy (non-hydrogen) atoms. The van der Waals surface area contributed by atoms with Crippen LogP contribution in [0.3, 0.4) is 0 Å². The number of anilines is 1. The molecule has 0 aliphatic rings. The summed E-state index contributed by atoms with van der Waals surface area (Å²) >= 11 is 3.19. The number of para-hydroxylation sites is 1. The van der Waals surface area contributed by atoms with Crippen molar-refractivity contribution in [1.29, 1.82) is 0 Å². The fraction of sp³-hybridized carbons (Fsp3) is 0.273. The van der Waals surface area contributed by atoms with Crippen molar-refractivity contribution in [3.63, 3.8) is 0 Å². The smallest absolute Gasteiger partial charge is 0.337 e. The third kappa shape index (κ3) is 3.28. The minimum absolute atomic E-state index is 0.0111. The fourth-order valence-electron chi connectivity index (χ4n) is 1.10. The van der Waals surface area contributed by atoms with Gasteiger partial charge in [0.15, 0.2) is 0 Å². The molecule has 0 saturated heterocycles. The van der Waals surface area contributed by atoms with E-state index in [1.54, 1.807) is 26.0 Å². The number of amides is 1. The number of nitrogens with two attached hydrogens (primary N) is 1. The van der Waals surface area contributed by atoms with Gasteiger partial charge in [-0.05, 0) is 41.9 Å². The van der Waals surface area contributed by atoms with Crippen LogP contribution >= 0.6 is 15.9 Å². The van der Waals surface area contributed by atoms with Crippen LogP contribution in [-0.4, -0.2) is 22.5 Å². The Balaban J connectivity index is 3.14. The normalized spacial score (nSPS) is 11.1. The topological polar surface area (TPSA) is 92.4 Å². The zero-order chi connectivity index (χ0) is 13.2. The average Bonchev–Trinajstić information content (AvgIpc) is 2.18. The number of rotatable bonds is 3. The summed E-state index contributed by atoms with van der Waals surface area (Å²) in [5.74, 6) is -1.57. The summed E-state index contributed by atoms with van der Waals surface area (Å²) in [6.07, 6.45) is 0. The van der Waals surface area contributed by atoms with Gasteiger partial charge in [-0.25, -0.2) is 4.79 Å². The minimum atomic E-state index is -1.11. The predicted octanol–water partition coefficient (Wildman–Crippen LogP) is 1.82. The minimum Gasteiger partial charge on any atom is -0.478 e. The molecule has 0 bridgehead atoms. The van der Waals surface area contributed by atoms with E-state index in [4.69, 9.17) is 10.8 Å². The van der Waals surface area contributed by atoms with Crippen LogP contribution in [0.25, 0.3) is 0 Å². The van der Waals surface area contributed by atoms with Gasteiger partial charge in [-0.15, -0.1) is 0 Å². The van der Waals surface area contributed by atoms with Crippen LogP contribution in [0.1, 0.15) is 24.2 Å². The van der Waals surface area contributed by atoms with Crippen LogP contribution in [0.15, 0.2) is 22.7 Å². The highest BCUT2D eigenvalue weighted by molar-refractivity contribution is 9.10. The summed E-state index contributed by atoms with van der Waals surface area (Å²) < 4.78 is 0.495. The molecule has 1 rings (SSSR count). The third-order valence-electron chi connectivity index (χ3n) is 2.07. The van der Waals surface area contributed by atoms with Crippen LogP contribution in [0.4, 0.5) is 5.69 Å². The SMILES string of the molecule is CC(C)(N)C(=O)Nc1c(Br)cccc1C(=O)O. The average molecular weight is 301 g/mol. The number of carboxylic acids is 1. The molecule has 5 nitrogen and oxygen atoms in total.